The predicted octanol–water partition coefficient (Wildman–Crippen LogP) is 1.34. The third kappa shape index (κ3) is 7.30. The Morgan fingerprint density at radius 2 is 2.20 bits per heavy atom. The fraction of sp³-hybridized carbons (Fsp3) is 0.400. The Bertz CT molecular complexity index is 345. The SMILES string of the molecule is CCCCC(=O)O.O=c1[nH]cccc1O. The molecule has 0 radical (unpaired) electrons. The van der Waals surface area contributed by atoms with Gasteiger partial charge in [0.05, 0.1) is 0 Å². The molecule has 84 valence electrons. The molecule has 1 aromatic heterocycles. The van der Waals surface area contributed by atoms with Crippen molar-refractivity contribution in [1.82, 2.24) is 4.98 Å². The maximum Gasteiger partial charge on any atom is 0.303 e. The molecule has 0 amide bonds. The monoisotopic (exact) mass is 213 g/mol. The summed E-state index contributed by atoms with van der Waals surface area (Å²) in [7, 11) is 0. The summed E-state index contributed by atoms with van der Waals surface area (Å²) in [6.07, 6.45) is 3.54. The van der Waals surface area contributed by atoms with E-state index in [1.54, 1.807) is 6.07 Å². The molecule has 0 bridgehead atoms. The van der Waals surface area contributed by atoms with Crippen molar-refractivity contribution in [3.63, 3.8) is 0 Å². The Labute approximate surface area is 87.4 Å². The fourth-order valence-corrected chi connectivity index (χ4v) is 0.741. The minimum Gasteiger partial charge on any atom is -0.503 e. The van der Waals surface area contributed by atoms with Gasteiger partial charge in [-0.25, -0.2) is 0 Å². The van der Waals surface area contributed by atoms with E-state index in [1.165, 1.54) is 12.3 Å². The normalized spacial score (nSPS) is 8.87. The molecule has 5 heteroatoms. The number of aromatic hydroxyl groups is 1. The first-order chi connectivity index (χ1) is 7.07. The number of H-pyrrole nitrogens is 1. The number of aliphatic carboxylic acids is 1. The number of aromatic amines is 1. The third-order valence-corrected chi connectivity index (χ3v) is 1.54. The van der Waals surface area contributed by atoms with Crippen LogP contribution in [0.4, 0.5) is 0 Å². The van der Waals surface area contributed by atoms with E-state index in [0.717, 1.165) is 12.8 Å². The summed E-state index contributed by atoms with van der Waals surface area (Å²) in [5, 5.41) is 16.6. The molecule has 0 aliphatic carbocycles. The molecule has 15 heavy (non-hydrogen) atoms. The van der Waals surface area contributed by atoms with Crippen molar-refractivity contribution in [2.75, 3.05) is 0 Å². The van der Waals surface area contributed by atoms with Gasteiger partial charge in [0.1, 0.15) is 0 Å². The van der Waals surface area contributed by atoms with Crippen LogP contribution in [0, 0.1) is 0 Å². The van der Waals surface area contributed by atoms with Gasteiger partial charge in [0.15, 0.2) is 5.75 Å². The highest BCUT2D eigenvalue weighted by atomic mass is 16.4. The first-order valence-electron chi connectivity index (χ1n) is 4.66. The van der Waals surface area contributed by atoms with Crippen molar-refractivity contribution in [3.8, 4) is 5.75 Å². The van der Waals surface area contributed by atoms with Gasteiger partial charge in [0, 0.05) is 12.6 Å². The first kappa shape index (κ1) is 13.2. The van der Waals surface area contributed by atoms with E-state index in [2.05, 4.69) is 4.98 Å². The van der Waals surface area contributed by atoms with Crippen LogP contribution in [0.5, 0.6) is 5.75 Å². The summed E-state index contributed by atoms with van der Waals surface area (Å²) >= 11 is 0. The predicted molar refractivity (Wildman–Crippen MR) is 55.9 cm³/mol. The molecule has 1 heterocycles. The number of carboxylic acid groups (broad SMARTS) is 1. The lowest BCUT2D eigenvalue weighted by Gasteiger charge is -1.85. The number of nitrogens with one attached hydrogen (secondary N) is 1. The van der Waals surface area contributed by atoms with Gasteiger partial charge in [-0.15, -0.1) is 0 Å². The number of unbranched alkanes of at least 4 members (excludes halogenated alkanes) is 1. The molecular formula is C10H15NO4. The van der Waals surface area contributed by atoms with Crippen LogP contribution in [-0.2, 0) is 4.79 Å². The standard InChI is InChI=1S/C5H5NO2.C5H10O2/c7-4-2-1-3-6-5(4)8;1-2-3-4-5(6)7/h1-3,7H,(H,6,8);2-4H2,1H3,(H,6,7). The van der Waals surface area contributed by atoms with Crippen LogP contribution in [0.25, 0.3) is 0 Å². The zero-order valence-electron chi connectivity index (χ0n) is 8.56. The van der Waals surface area contributed by atoms with E-state index in [0.29, 0.717) is 6.42 Å². The zero-order valence-corrected chi connectivity index (χ0v) is 8.56. The van der Waals surface area contributed by atoms with E-state index in [4.69, 9.17) is 10.2 Å². The molecule has 0 spiro atoms. The molecule has 0 saturated carbocycles. The third-order valence-electron chi connectivity index (χ3n) is 1.54. The second kappa shape index (κ2) is 7.61. The number of hydrogen-bond acceptors (Lipinski definition) is 3. The van der Waals surface area contributed by atoms with Gasteiger partial charge < -0.3 is 15.2 Å². The minimum atomic E-state index is -0.693. The molecule has 0 aliphatic rings. The Morgan fingerprint density at radius 3 is 2.47 bits per heavy atom. The Balaban J connectivity index is 0.000000265. The average Bonchev–Trinajstić information content (AvgIpc) is 2.20. The van der Waals surface area contributed by atoms with Crippen molar-refractivity contribution >= 4 is 5.97 Å². The minimum absolute atomic E-state index is 0.243. The van der Waals surface area contributed by atoms with Crippen LogP contribution in [-0.4, -0.2) is 21.2 Å². The summed E-state index contributed by atoms with van der Waals surface area (Å²) in [6, 6.07) is 2.88. The summed E-state index contributed by atoms with van der Waals surface area (Å²) in [5.74, 6) is -0.936. The maximum absolute atomic E-state index is 10.3. The molecule has 0 aromatic carbocycles. The van der Waals surface area contributed by atoms with Gasteiger partial charge >= 0.3 is 5.97 Å². The van der Waals surface area contributed by atoms with Gasteiger partial charge in [-0.2, -0.15) is 0 Å². The van der Waals surface area contributed by atoms with E-state index in [1.807, 2.05) is 6.92 Å². The molecule has 5 nitrogen and oxygen atoms in total. The zero-order chi connectivity index (χ0) is 11.7. The van der Waals surface area contributed by atoms with Crippen LogP contribution in [0.1, 0.15) is 26.2 Å². The highest BCUT2D eigenvalue weighted by molar-refractivity contribution is 5.66. The summed E-state index contributed by atoms with van der Waals surface area (Å²) in [5.41, 5.74) is -0.451. The Hall–Kier alpha value is -1.78. The number of aromatic nitrogens is 1. The van der Waals surface area contributed by atoms with E-state index >= 15 is 0 Å². The second-order valence-electron chi connectivity index (χ2n) is 2.88. The van der Waals surface area contributed by atoms with Crippen LogP contribution >= 0.6 is 0 Å². The molecule has 0 saturated heterocycles. The molecule has 1 aromatic rings. The molecule has 0 aliphatic heterocycles. The quantitative estimate of drug-likeness (QED) is 0.706. The molecule has 0 fully saturated rings. The second-order valence-corrected chi connectivity index (χ2v) is 2.88. The largest absolute Gasteiger partial charge is 0.503 e. The highest BCUT2D eigenvalue weighted by Gasteiger charge is 1.90. The molecule has 0 atom stereocenters. The van der Waals surface area contributed by atoms with Crippen molar-refractivity contribution < 1.29 is 15.0 Å². The average molecular weight is 213 g/mol. The fourth-order valence-electron chi connectivity index (χ4n) is 0.741. The van der Waals surface area contributed by atoms with Gasteiger partial charge in [0.25, 0.3) is 5.56 Å². The van der Waals surface area contributed by atoms with Gasteiger partial charge in [-0.05, 0) is 18.6 Å². The van der Waals surface area contributed by atoms with Crippen LogP contribution in [0.2, 0.25) is 0 Å². The van der Waals surface area contributed by atoms with Gasteiger partial charge in [0.2, 0.25) is 0 Å². The lowest BCUT2D eigenvalue weighted by molar-refractivity contribution is -0.137. The number of rotatable bonds is 3. The smallest absolute Gasteiger partial charge is 0.303 e. The molecule has 0 unspecified atom stereocenters. The van der Waals surface area contributed by atoms with Gasteiger partial charge in [-0.1, -0.05) is 13.3 Å². The summed E-state index contributed by atoms with van der Waals surface area (Å²) < 4.78 is 0. The number of carboxylic acids is 1. The summed E-state index contributed by atoms with van der Waals surface area (Å²) in [6.45, 7) is 1.98. The topological polar surface area (TPSA) is 90.4 Å². The maximum atomic E-state index is 10.3. The summed E-state index contributed by atoms with van der Waals surface area (Å²) in [4.78, 5) is 22.4. The van der Waals surface area contributed by atoms with Crippen molar-refractivity contribution in [1.29, 1.82) is 0 Å². The first-order valence-corrected chi connectivity index (χ1v) is 4.66. The van der Waals surface area contributed by atoms with Crippen molar-refractivity contribution in [3.05, 3.63) is 28.7 Å². The van der Waals surface area contributed by atoms with E-state index in [9.17, 15) is 9.59 Å². The van der Waals surface area contributed by atoms with Crippen LogP contribution < -0.4 is 5.56 Å². The van der Waals surface area contributed by atoms with Gasteiger partial charge in [-0.3, -0.25) is 9.59 Å². The van der Waals surface area contributed by atoms with Crippen molar-refractivity contribution in [2.45, 2.75) is 26.2 Å². The highest BCUT2D eigenvalue weighted by Crippen LogP contribution is 1.92. The number of pyridine rings is 1. The van der Waals surface area contributed by atoms with E-state index in [-0.39, 0.29) is 5.75 Å². The van der Waals surface area contributed by atoms with E-state index < -0.39 is 11.5 Å². The molecule has 1 rings (SSSR count). The number of carbonyl (C=O) groups is 1. The lowest BCUT2D eigenvalue weighted by atomic mass is 10.3. The lowest BCUT2D eigenvalue weighted by Crippen LogP contribution is -2.01. The Kier molecular flexibility index (Phi) is 6.70. The van der Waals surface area contributed by atoms with Crippen molar-refractivity contribution in [2.24, 2.45) is 0 Å². The molecular weight excluding hydrogens is 198 g/mol. The molecule has 3 N–H and O–H groups in total. The van der Waals surface area contributed by atoms with Crippen LogP contribution in [0.15, 0.2) is 23.1 Å². The Morgan fingerprint density at radius 1 is 1.53 bits per heavy atom. The number of hydrogen-bond donors (Lipinski definition) is 3. The van der Waals surface area contributed by atoms with Crippen LogP contribution in [0.3, 0.4) is 0 Å².